The molecule has 3 heterocycles. The third-order valence-electron chi connectivity index (χ3n) is 3.87. The predicted molar refractivity (Wildman–Crippen MR) is 69.8 cm³/mol. The van der Waals surface area contributed by atoms with Gasteiger partial charge in [0.2, 0.25) is 11.8 Å². The van der Waals surface area contributed by atoms with Crippen LogP contribution in [0.25, 0.3) is 0 Å². The molecule has 2 fully saturated rings. The Hall–Kier alpha value is -1.82. The molecule has 108 valence electrons. The molecule has 2 amide bonds. The van der Waals surface area contributed by atoms with E-state index in [2.05, 4.69) is 0 Å². The van der Waals surface area contributed by atoms with Crippen LogP contribution in [0.5, 0.6) is 0 Å². The molecule has 0 radical (unpaired) electrons. The van der Waals surface area contributed by atoms with Crippen molar-refractivity contribution >= 4 is 11.8 Å². The molecular weight excluding hydrogens is 260 g/mol. The second-order valence-electron chi connectivity index (χ2n) is 5.07. The fourth-order valence-corrected chi connectivity index (χ4v) is 2.66. The van der Waals surface area contributed by atoms with E-state index in [0.717, 1.165) is 5.76 Å². The number of furan rings is 1. The van der Waals surface area contributed by atoms with Gasteiger partial charge in [-0.3, -0.25) is 9.59 Å². The first-order valence-electron chi connectivity index (χ1n) is 6.94. The SMILES string of the molecule is O=C(CCN1C(=O)C[C@@H]1c1ccco1)N1CCOCC1. The molecule has 2 aliphatic rings. The quantitative estimate of drug-likeness (QED) is 0.764. The van der Waals surface area contributed by atoms with Crippen LogP contribution in [0, 0.1) is 0 Å². The normalized spacial score (nSPS) is 22.8. The van der Waals surface area contributed by atoms with E-state index >= 15 is 0 Å². The van der Waals surface area contributed by atoms with Gasteiger partial charge in [-0.1, -0.05) is 0 Å². The van der Waals surface area contributed by atoms with Gasteiger partial charge in [0.15, 0.2) is 0 Å². The van der Waals surface area contributed by atoms with Gasteiger partial charge in [0.05, 0.1) is 31.9 Å². The average Bonchev–Trinajstić information content (AvgIpc) is 2.99. The Morgan fingerprint density at radius 2 is 2.15 bits per heavy atom. The lowest BCUT2D eigenvalue weighted by Gasteiger charge is -2.39. The number of carbonyl (C=O) groups excluding carboxylic acids is 2. The van der Waals surface area contributed by atoms with Gasteiger partial charge in [-0.15, -0.1) is 0 Å². The van der Waals surface area contributed by atoms with Crippen molar-refractivity contribution in [3.05, 3.63) is 24.2 Å². The highest BCUT2D eigenvalue weighted by molar-refractivity contribution is 5.84. The lowest BCUT2D eigenvalue weighted by atomic mass is 9.99. The number of hydrogen-bond acceptors (Lipinski definition) is 4. The first kappa shape index (κ1) is 13.2. The Bertz CT molecular complexity index is 479. The fraction of sp³-hybridized carbons (Fsp3) is 0.571. The van der Waals surface area contributed by atoms with Gasteiger partial charge in [0.1, 0.15) is 5.76 Å². The van der Waals surface area contributed by atoms with Crippen molar-refractivity contribution in [3.63, 3.8) is 0 Å². The molecule has 1 aromatic rings. The maximum Gasteiger partial charge on any atom is 0.225 e. The molecule has 1 atom stereocenters. The van der Waals surface area contributed by atoms with Gasteiger partial charge in [-0.2, -0.15) is 0 Å². The fourth-order valence-electron chi connectivity index (χ4n) is 2.66. The summed E-state index contributed by atoms with van der Waals surface area (Å²) in [7, 11) is 0. The number of nitrogens with zero attached hydrogens (tertiary/aromatic N) is 2. The van der Waals surface area contributed by atoms with E-state index in [-0.39, 0.29) is 17.9 Å². The van der Waals surface area contributed by atoms with Crippen molar-refractivity contribution in [3.8, 4) is 0 Å². The molecule has 1 aromatic heterocycles. The summed E-state index contributed by atoms with van der Waals surface area (Å²) in [5.74, 6) is 0.968. The van der Waals surface area contributed by atoms with Crippen LogP contribution in [-0.2, 0) is 14.3 Å². The van der Waals surface area contributed by atoms with Gasteiger partial charge in [0.25, 0.3) is 0 Å². The number of ether oxygens (including phenoxy) is 1. The third-order valence-corrected chi connectivity index (χ3v) is 3.87. The van der Waals surface area contributed by atoms with Crippen LogP contribution in [0.3, 0.4) is 0 Å². The van der Waals surface area contributed by atoms with Gasteiger partial charge in [0, 0.05) is 26.1 Å². The molecule has 2 saturated heterocycles. The highest BCUT2D eigenvalue weighted by Gasteiger charge is 2.38. The molecule has 3 rings (SSSR count). The summed E-state index contributed by atoms with van der Waals surface area (Å²) in [5, 5.41) is 0. The van der Waals surface area contributed by atoms with Crippen LogP contribution in [0.1, 0.15) is 24.6 Å². The van der Waals surface area contributed by atoms with Crippen LogP contribution < -0.4 is 0 Å². The first-order chi connectivity index (χ1) is 9.75. The molecule has 0 aromatic carbocycles. The third kappa shape index (κ3) is 2.56. The van der Waals surface area contributed by atoms with Crippen molar-refractivity contribution < 1.29 is 18.7 Å². The lowest BCUT2D eigenvalue weighted by molar-refractivity contribution is -0.148. The summed E-state index contributed by atoms with van der Waals surface area (Å²) >= 11 is 0. The van der Waals surface area contributed by atoms with Crippen molar-refractivity contribution in [2.45, 2.75) is 18.9 Å². The molecule has 0 saturated carbocycles. The zero-order chi connectivity index (χ0) is 13.9. The summed E-state index contributed by atoms with van der Waals surface area (Å²) in [5.41, 5.74) is 0. The van der Waals surface area contributed by atoms with Crippen molar-refractivity contribution in [2.24, 2.45) is 0 Å². The zero-order valence-electron chi connectivity index (χ0n) is 11.3. The van der Waals surface area contributed by atoms with E-state index in [1.165, 1.54) is 0 Å². The minimum absolute atomic E-state index is 0.00464. The smallest absolute Gasteiger partial charge is 0.225 e. The Kier molecular flexibility index (Phi) is 3.73. The van der Waals surface area contributed by atoms with Gasteiger partial charge in [-0.05, 0) is 12.1 Å². The molecular formula is C14H18N2O4. The van der Waals surface area contributed by atoms with Crippen LogP contribution >= 0.6 is 0 Å². The molecule has 0 spiro atoms. The number of hydrogen-bond donors (Lipinski definition) is 0. The summed E-state index contributed by atoms with van der Waals surface area (Å²) < 4.78 is 10.6. The molecule has 2 aliphatic heterocycles. The lowest BCUT2D eigenvalue weighted by Crippen LogP contribution is -2.48. The van der Waals surface area contributed by atoms with E-state index in [9.17, 15) is 9.59 Å². The Labute approximate surface area is 117 Å². The number of carbonyl (C=O) groups is 2. The van der Waals surface area contributed by atoms with Crippen LogP contribution in [0.15, 0.2) is 22.8 Å². The topological polar surface area (TPSA) is 63.0 Å². The minimum Gasteiger partial charge on any atom is -0.467 e. The van der Waals surface area contributed by atoms with E-state index in [4.69, 9.17) is 9.15 Å². The summed E-state index contributed by atoms with van der Waals surface area (Å²) in [6, 6.07) is 3.68. The molecule has 0 unspecified atom stereocenters. The number of likely N-dealkylation sites (tertiary alicyclic amines) is 1. The predicted octanol–water partition coefficient (Wildman–Crippen LogP) is 0.802. The maximum atomic E-state index is 12.1. The Balaban J connectivity index is 1.52. The average molecular weight is 278 g/mol. The van der Waals surface area contributed by atoms with E-state index in [0.29, 0.717) is 45.7 Å². The van der Waals surface area contributed by atoms with Crippen LogP contribution in [0.2, 0.25) is 0 Å². The minimum atomic E-state index is -0.00464. The van der Waals surface area contributed by atoms with Gasteiger partial charge < -0.3 is 19.0 Å². The number of rotatable bonds is 4. The second-order valence-corrected chi connectivity index (χ2v) is 5.07. The maximum absolute atomic E-state index is 12.1. The highest BCUT2D eigenvalue weighted by Crippen LogP contribution is 2.34. The van der Waals surface area contributed by atoms with E-state index < -0.39 is 0 Å². The van der Waals surface area contributed by atoms with Crippen molar-refractivity contribution in [2.75, 3.05) is 32.8 Å². The summed E-state index contributed by atoms with van der Waals surface area (Å²) in [6.45, 7) is 2.95. The standard InChI is InChI=1S/C14H18N2O4/c17-13(15-5-8-19-9-6-15)3-4-16-11(10-14(16)18)12-2-1-7-20-12/h1-2,7,11H,3-6,8-10H2/t11-/m1/s1. The van der Waals surface area contributed by atoms with Crippen molar-refractivity contribution in [1.29, 1.82) is 0 Å². The summed E-state index contributed by atoms with van der Waals surface area (Å²) in [6.07, 6.45) is 2.44. The highest BCUT2D eigenvalue weighted by atomic mass is 16.5. The largest absolute Gasteiger partial charge is 0.467 e. The molecule has 6 nitrogen and oxygen atoms in total. The first-order valence-corrected chi connectivity index (χ1v) is 6.94. The number of β-lactam (4-membered cyclic amide) rings is 1. The summed E-state index contributed by atoms with van der Waals surface area (Å²) in [4.78, 5) is 27.2. The molecule has 0 aliphatic carbocycles. The molecule has 20 heavy (non-hydrogen) atoms. The monoisotopic (exact) mass is 278 g/mol. The molecule has 0 bridgehead atoms. The zero-order valence-corrected chi connectivity index (χ0v) is 11.3. The van der Waals surface area contributed by atoms with E-state index in [1.54, 1.807) is 16.1 Å². The van der Waals surface area contributed by atoms with Crippen LogP contribution in [0.4, 0.5) is 0 Å². The van der Waals surface area contributed by atoms with Gasteiger partial charge in [-0.25, -0.2) is 0 Å². The number of morpholine rings is 1. The van der Waals surface area contributed by atoms with E-state index in [1.807, 2.05) is 12.1 Å². The molecule has 0 N–H and O–H groups in total. The molecule has 6 heteroatoms. The van der Waals surface area contributed by atoms with Gasteiger partial charge >= 0.3 is 0 Å². The second kappa shape index (κ2) is 5.66. The van der Waals surface area contributed by atoms with Crippen molar-refractivity contribution in [1.82, 2.24) is 9.80 Å². The number of amides is 2. The Morgan fingerprint density at radius 1 is 1.35 bits per heavy atom. The Morgan fingerprint density at radius 3 is 2.80 bits per heavy atom. The van der Waals surface area contributed by atoms with Crippen LogP contribution in [-0.4, -0.2) is 54.5 Å².